The van der Waals surface area contributed by atoms with Gasteiger partial charge >= 0.3 is 0 Å². The Labute approximate surface area is 126 Å². The third-order valence-electron chi connectivity index (χ3n) is 3.21. The van der Waals surface area contributed by atoms with Crippen molar-refractivity contribution < 1.29 is 9.13 Å². The molecular weight excluding hydrogens is 265 g/mol. The summed E-state index contributed by atoms with van der Waals surface area (Å²) in [5.74, 6) is 0.683. The van der Waals surface area contributed by atoms with Gasteiger partial charge in [0.25, 0.3) is 0 Å². The molecule has 1 N–H and O–H groups in total. The summed E-state index contributed by atoms with van der Waals surface area (Å²) in [5.41, 5.74) is 2.11. The highest BCUT2D eigenvalue weighted by Crippen LogP contribution is 2.25. The summed E-state index contributed by atoms with van der Waals surface area (Å²) in [7, 11) is 0. The van der Waals surface area contributed by atoms with E-state index in [1.807, 2.05) is 36.4 Å². The van der Waals surface area contributed by atoms with Gasteiger partial charge in [-0.05, 0) is 49.6 Å². The first-order chi connectivity index (χ1) is 10.2. The first-order valence-corrected chi connectivity index (χ1v) is 7.42. The number of benzene rings is 2. The monoisotopic (exact) mass is 287 g/mol. The van der Waals surface area contributed by atoms with Crippen LogP contribution in [0.15, 0.2) is 48.5 Å². The lowest BCUT2D eigenvalue weighted by Gasteiger charge is -2.18. The predicted octanol–water partition coefficient (Wildman–Crippen LogP) is 4.66. The van der Waals surface area contributed by atoms with Crippen LogP contribution >= 0.6 is 0 Å². The fourth-order valence-electron chi connectivity index (χ4n) is 2.21. The van der Waals surface area contributed by atoms with Crippen LogP contribution in [0.5, 0.6) is 5.75 Å². The maximum absolute atomic E-state index is 12.9. The zero-order valence-corrected chi connectivity index (χ0v) is 12.6. The molecule has 0 spiro atoms. The Morgan fingerprint density at radius 3 is 2.52 bits per heavy atom. The van der Waals surface area contributed by atoms with Gasteiger partial charge in [-0.3, -0.25) is 0 Å². The summed E-state index contributed by atoms with van der Waals surface area (Å²) in [6.07, 6.45) is 1.82. The van der Waals surface area contributed by atoms with Crippen LogP contribution in [0, 0.1) is 5.82 Å². The van der Waals surface area contributed by atoms with Crippen LogP contribution in [-0.2, 0) is 6.42 Å². The van der Waals surface area contributed by atoms with Crippen molar-refractivity contribution in [2.75, 3.05) is 11.9 Å². The Kier molecular flexibility index (Phi) is 5.61. The molecular formula is C18H22FNO. The Bertz CT molecular complexity index is 553. The number of hydrogen-bond acceptors (Lipinski definition) is 2. The highest BCUT2D eigenvalue weighted by molar-refractivity contribution is 5.56. The third kappa shape index (κ3) is 4.78. The van der Waals surface area contributed by atoms with E-state index in [1.54, 1.807) is 0 Å². The van der Waals surface area contributed by atoms with E-state index in [2.05, 4.69) is 19.2 Å². The van der Waals surface area contributed by atoms with Gasteiger partial charge in [-0.15, -0.1) is 0 Å². The molecule has 1 atom stereocenters. The van der Waals surface area contributed by atoms with Crippen LogP contribution in [0.1, 0.15) is 25.8 Å². The third-order valence-corrected chi connectivity index (χ3v) is 3.21. The lowest BCUT2D eigenvalue weighted by molar-refractivity contribution is 0.318. The number of ether oxygens (including phenoxy) is 1. The molecule has 2 rings (SSSR count). The number of para-hydroxylation sites is 2. The molecule has 2 nitrogen and oxygen atoms in total. The number of nitrogens with one attached hydrogen (secondary N) is 1. The van der Waals surface area contributed by atoms with Crippen molar-refractivity contribution in [1.29, 1.82) is 0 Å². The Hall–Kier alpha value is -2.03. The van der Waals surface area contributed by atoms with Gasteiger partial charge in [0.1, 0.15) is 11.6 Å². The SMILES string of the molecule is CCCOc1ccccc1NC(C)Cc1ccc(F)cc1. The molecule has 2 aromatic carbocycles. The van der Waals surface area contributed by atoms with Gasteiger partial charge in [-0.25, -0.2) is 4.39 Å². The maximum atomic E-state index is 12.9. The predicted molar refractivity (Wildman–Crippen MR) is 85.4 cm³/mol. The van der Waals surface area contributed by atoms with E-state index in [0.29, 0.717) is 6.61 Å². The Morgan fingerprint density at radius 1 is 1.10 bits per heavy atom. The molecule has 3 heteroatoms. The van der Waals surface area contributed by atoms with Crippen LogP contribution in [0.2, 0.25) is 0 Å². The number of hydrogen-bond donors (Lipinski definition) is 1. The highest BCUT2D eigenvalue weighted by Gasteiger charge is 2.08. The smallest absolute Gasteiger partial charge is 0.142 e. The van der Waals surface area contributed by atoms with E-state index >= 15 is 0 Å². The van der Waals surface area contributed by atoms with Gasteiger partial charge in [-0.2, -0.15) is 0 Å². The highest BCUT2D eigenvalue weighted by atomic mass is 19.1. The minimum atomic E-state index is -0.197. The van der Waals surface area contributed by atoms with Crippen molar-refractivity contribution >= 4 is 5.69 Å². The summed E-state index contributed by atoms with van der Waals surface area (Å²) in [5, 5.41) is 3.46. The summed E-state index contributed by atoms with van der Waals surface area (Å²) < 4.78 is 18.7. The Balaban J connectivity index is 1.98. The lowest BCUT2D eigenvalue weighted by Crippen LogP contribution is -2.18. The molecule has 2 aromatic rings. The quantitative estimate of drug-likeness (QED) is 0.800. The number of halogens is 1. The minimum absolute atomic E-state index is 0.197. The largest absolute Gasteiger partial charge is 0.491 e. The van der Waals surface area contributed by atoms with Crippen LogP contribution < -0.4 is 10.1 Å². The summed E-state index contributed by atoms with van der Waals surface area (Å²) in [6, 6.07) is 14.9. The van der Waals surface area contributed by atoms with E-state index in [4.69, 9.17) is 4.74 Å². The van der Waals surface area contributed by atoms with Gasteiger partial charge in [0.15, 0.2) is 0 Å². The second-order valence-corrected chi connectivity index (χ2v) is 5.22. The van der Waals surface area contributed by atoms with Crippen molar-refractivity contribution in [3.05, 3.63) is 59.9 Å². The van der Waals surface area contributed by atoms with Gasteiger partial charge in [-0.1, -0.05) is 31.2 Å². The molecule has 0 radical (unpaired) electrons. The van der Waals surface area contributed by atoms with Crippen molar-refractivity contribution in [1.82, 2.24) is 0 Å². The standard InChI is InChI=1S/C18H22FNO/c1-3-12-21-18-7-5-4-6-17(18)20-14(2)13-15-8-10-16(19)11-9-15/h4-11,14,20H,3,12-13H2,1-2H3. The Morgan fingerprint density at radius 2 is 1.81 bits per heavy atom. The number of anilines is 1. The molecule has 0 aliphatic carbocycles. The molecule has 112 valence electrons. The van der Waals surface area contributed by atoms with Crippen LogP contribution in [0.4, 0.5) is 10.1 Å². The van der Waals surface area contributed by atoms with Gasteiger partial charge in [0.05, 0.1) is 12.3 Å². The van der Waals surface area contributed by atoms with Crippen LogP contribution in [0.25, 0.3) is 0 Å². The molecule has 0 amide bonds. The van der Waals surface area contributed by atoms with Gasteiger partial charge in [0.2, 0.25) is 0 Å². The van der Waals surface area contributed by atoms with Crippen molar-refractivity contribution in [2.45, 2.75) is 32.7 Å². The van der Waals surface area contributed by atoms with E-state index in [-0.39, 0.29) is 11.9 Å². The molecule has 1 unspecified atom stereocenters. The van der Waals surface area contributed by atoms with Gasteiger partial charge < -0.3 is 10.1 Å². The summed E-state index contributed by atoms with van der Waals surface area (Å²) >= 11 is 0. The fourth-order valence-corrected chi connectivity index (χ4v) is 2.21. The van der Waals surface area contributed by atoms with Crippen LogP contribution in [-0.4, -0.2) is 12.6 Å². The molecule has 21 heavy (non-hydrogen) atoms. The molecule has 0 aromatic heterocycles. The topological polar surface area (TPSA) is 21.3 Å². The van der Waals surface area contributed by atoms with E-state index in [1.165, 1.54) is 12.1 Å². The summed E-state index contributed by atoms with van der Waals surface area (Å²) in [4.78, 5) is 0. The van der Waals surface area contributed by atoms with Crippen molar-refractivity contribution in [3.63, 3.8) is 0 Å². The number of rotatable bonds is 7. The lowest BCUT2D eigenvalue weighted by atomic mass is 10.1. The van der Waals surface area contributed by atoms with Gasteiger partial charge in [0, 0.05) is 6.04 Å². The zero-order chi connectivity index (χ0) is 15.1. The average molecular weight is 287 g/mol. The zero-order valence-electron chi connectivity index (χ0n) is 12.6. The molecule has 0 bridgehead atoms. The second-order valence-electron chi connectivity index (χ2n) is 5.22. The molecule has 0 fully saturated rings. The average Bonchev–Trinajstić information content (AvgIpc) is 2.49. The van der Waals surface area contributed by atoms with Crippen molar-refractivity contribution in [3.8, 4) is 5.75 Å². The first kappa shape index (κ1) is 15.4. The molecule has 0 aliphatic heterocycles. The minimum Gasteiger partial charge on any atom is -0.491 e. The molecule has 0 aliphatic rings. The summed E-state index contributed by atoms with van der Waals surface area (Å²) in [6.45, 7) is 4.91. The first-order valence-electron chi connectivity index (χ1n) is 7.42. The van der Waals surface area contributed by atoms with E-state index in [9.17, 15) is 4.39 Å². The molecule has 0 heterocycles. The van der Waals surface area contributed by atoms with Crippen LogP contribution in [0.3, 0.4) is 0 Å². The fraction of sp³-hybridized carbons (Fsp3) is 0.333. The normalized spacial score (nSPS) is 12.0. The van der Waals surface area contributed by atoms with Crippen molar-refractivity contribution in [2.24, 2.45) is 0 Å². The van der Waals surface area contributed by atoms with E-state index < -0.39 is 0 Å². The molecule has 0 saturated carbocycles. The maximum Gasteiger partial charge on any atom is 0.142 e. The van der Waals surface area contributed by atoms with E-state index in [0.717, 1.165) is 29.8 Å². The second kappa shape index (κ2) is 7.67. The molecule has 0 saturated heterocycles.